The molecular weight excluding hydrogens is 323 g/mol. The summed E-state index contributed by atoms with van der Waals surface area (Å²) in [5.41, 5.74) is -0.847. The van der Waals surface area contributed by atoms with Gasteiger partial charge in [-0.15, -0.1) is 0 Å². The third-order valence-electron chi connectivity index (χ3n) is 2.89. The van der Waals surface area contributed by atoms with Crippen LogP contribution in [0.5, 0.6) is 0 Å². The molecule has 19 heavy (non-hydrogen) atoms. The van der Waals surface area contributed by atoms with E-state index in [9.17, 15) is 18.0 Å². The van der Waals surface area contributed by atoms with E-state index >= 15 is 0 Å². The van der Waals surface area contributed by atoms with Gasteiger partial charge in [-0.25, -0.2) is 0 Å². The van der Waals surface area contributed by atoms with Gasteiger partial charge in [-0.2, -0.15) is 13.2 Å². The van der Waals surface area contributed by atoms with E-state index in [1.807, 2.05) is 20.8 Å². The van der Waals surface area contributed by atoms with Crippen molar-refractivity contribution in [1.29, 1.82) is 0 Å². The molecule has 1 rings (SSSR count). The van der Waals surface area contributed by atoms with Crippen molar-refractivity contribution >= 4 is 21.8 Å². The summed E-state index contributed by atoms with van der Waals surface area (Å²) >= 11 is 2.84. The Morgan fingerprint density at radius 3 is 2.32 bits per heavy atom. The van der Waals surface area contributed by atoms with Gasteiger partial charge in [0, 0.05) is 16.1 Å². The molecule has 0 saturated heterocycles. The monoisotopic (exact) mass is 337 g/mol. The van der Waals surface area contributed by atoms with Crippen molar-refractivity contribution in [3.8, 4) is 0 Å². The van der Waals surface area contributed by atoms with E-state index in [4.69, 9.17) is 0 Å². The zero-order chi connectivity index (χ0) is 14.8. The summed E-state index contributed by atoms with van der Waals surface area (Å²) in [5.74, 6) is -0.291. The van der Waals surface area contributed by atoms with Crippen molar-refractivity contribution < 1.29 is 18.0 Å². The molecule has 0 heterocycles. The molecule has 0 spiro atoms. The van der Waals surface area contributed by atoms with Crippen LogP contribution in [-0.2, 0) is 6.18 Å². The van der Waals surface area contributed by atoms with Crippen LogP contribution in [0.2, 0.25) is 0 Å². The molecule has 0 aromatic heterocycles. The lowest BCUT2D eigenvalue weighted by molar-refractivity contribution is -0.138. The molecule has 0 aliphatic carbocycles. The molecule has 1 aromatic rings. The largest absolute Gasteiger partial charge is 0.417 e. The highest BCUT2D eigenvalue weighted by Crippen LogP contribution is 2.35. The van der Waals surface area contributed by atoms with Crippen molar-refractivity contribution in [2.75, 3.05) is 0 Å². The standard InChI is InChI=1S/C13H15BrF3NO/c1-7(2)8(3)18-12(19)9-4-5-11(14)10(6-9)13(15,16)17/h4-8H,1-3H3,(H,18,19). The molecule has 1 amide bonds. The summed E-state index contributed by atoms with van der Waals surface area (Å²) in [4.78, 5) is 11.9. The lowest BCUT2D eigenvalue weighted by Crippen LogP contribution is -2.36. The first kappa shape index (κ1) is 16.0. The van der Waals surface area contributed by atoms with Gasteiger partial charge in [-0.1, -0.05) is 29.8 Å². The SMILES string of the molecule is CC(C)C(C)NC(=O)c1ccc(Br)c(C(F)(F)F)c1. The number of alkyl halides is 3. The normalized spacial score (nSPS) is 13.5. The maximum atomic E-state index is 12.7. The van der Waals surface area contributed by atoms with Gasteiger partial charge in [0.25, 0.3) is 5.91 Å². The number of hydrogen-bond acceptors (Lipinski definition) is 1. The highest BCUT2D eigenvalue weighted by molar-refractivity contribution is 9.10. The summed E-state index contributed by atoms with van der Waals surface area (Å²) in [6.07, 6.45) is -4.49. The molecule has 0 fully saturated rings. The van der Waals surface area contributed by atoms with Crippen molar-refractivity contribution in [2.24, 2.45) is 5.92 Å². The zero-order valence-electron chi connectivity index (χ0n) is 10.8. The number of halogens is 4. The van der Waals surface area contributed by atoms with E-state index in [1.165, 1.54) is 12.1 Å². The van der Waals surface area contributed by atoms with E-state index < -0.39 is 17.6 Å². The van der Waals surface area contributed by atoms with Crippen LogP contribution in [-0.4, -0.2) is 11.9 Å². The van der Waals surface area contributed by atoms with Gasteiger partial charge >= 0.3 is 6.18 Å². The number of nitrogens with one attached hydrogen (secondary N) is 1. The Labute approximate surface area is 118 Å². The molecular formula is C13H15BrF3NO. The van der Waals surface area contributed by atoms with Gasteiger partial charge in [0.2, 0.25) is 0 Å². The molecule has 0 radical (unpaired) electrons. The number of benzene rings is 1. The van der Waals surface area contributed by atoms with Crippen LogP contribution in [0.1, 0.15) is 36.7 Å². The van der Waals surface area contributed by atoms with Crippen LogP contribution in [0.4, 0.5) is 13.2 Å². The minimum atomic E-state index is -4.49. The highest BCUT2D eigenvalue weighted by Gasteiger charge is 2.33. The third kappa shape index (κ3) is 4.23. The average molecular weight is 338 g/mol. The Balaban J connectivity index is 3.00. The smallest absolute Gasteiger partial charge is 0.349 e. The highest BCUT2D eigenvalue weighted by atomic mass is 79.9. The zero-order valence-corrected chi connectivity index (χ0v) is 12.4. The van der Waals surface area contributed by atoms with Crippen LogP contribution in [0.3, 0.4) is 0 Å². The first-order valence-electron chi connectivity index (χ1n) is 5.80. The molecule has 0 bridgehead atoms. The van der Waals surface area contributed by atoms with Crippen molar-refractivity contribution in [2.45, 2.75) is 33.0 Å². The second-order valence-corrected chi connectivity index (χ2v) is 5.55. The second kappa shape index (κ2) is 5.94. The van der Waals surface area contributed by atoms with E-state index in [2.05, 4.69) is 21.2 Å². The number of carbonyl (C=O) groups is 1. The molecule has 1 unspecified atom stereocenters. The Morgan fingerprint density at radius 1 is 1.26 bits per heavy atom. The van der Waals surface area contributed by atoms with E-state index in [0.29, 0.717) is 0 Å². The first-order chi connectivity index (χ1) is 8.62. The molecule has 1 atom stereocenters. The van der Waals surface area contributed by atoms with E-state index in [1.54, 1.807) is 0 Å². The topological polar surface area (TPSA) is 29.1 Å². The fourth-order valence-corrected chi connectivity index (χ4v) is 1.81. The lowest BCUT2D eigenvalue weighted by Gasteiger charge is -2.18. The summed E-state index contributed by atoms with van der Waals surface area (Å²) in [6.45, 7) is 5.66. The van der Waals surface area contributed by atoms with Gasteiger partial charge in [0.15, 0.2) is 0 Å². The molecule has 106 valence electrons. The predicted octanol–water partition coefficient (Wildman–Crippen LogP) is 4.24. The number of amides is 1. The predicted molar refractivity (Wildman–Crippen MR) is 70.9 cm³/mol. The van der Waals surface area contributed by atoms with Crippen LogP contribution in [0, 0.1) is 5.92 Å². The minimum Gasteiger partial charge on any atom is -0.349 e. The summed E-state index contributed by atoms with van der Waals surface area (Å²) in [7, 11) is 0. The fourth-order valence-electron chi connectivity index (χ4n) is 1.34. The van der Waals surface area contributed by atoms with E-state index in [0.717, 1.165) is 6.07 Å². The number of carbonyl (C=O) groups excluding carboxylic acids is 1. The van der Waals surface area contributed by atoms with E-state index in [-0.39, 0.29) is 22.0 Å². The molecule has 0 aliphatic heterocycles. The van der Waals surface area contributed by atoms with Gasteiger partial charge in [-0.3, -0.25) is 4.79 Å². The quantitative estimate of drug-likeness (QED) is 0.877. The summed E-state index contributed by atoms with van der Waals surface area (Å²) < 4.78 is 38.1. The Bertz CT molecular complexity index is 471. The average Bonchev–Trinajstić information content (AvgIpc) is 2.27. The summed E-state index contributed by atoms with van der Waals surface area (Å²) in [5, 5.41) is 2.67. The van der Waals surface area contributed by atoms with Crippen LogP contribution in [0.15, 0.2) is 22.7 Å². The molecule has 6 heteroatoms. The Hall–Kier alpha value is -1.04. The van der Waals surface area contributed by atoms with Gasteiger partial charge in [-0.05, 0) is 31.0 Å². The fraction of sp³-hybridized carbons (Fsp3) is 0.462. The second-order valence-electron chi connectivity index (χ2n) is 4.70. The lowest BCUT2D eigenvalue weighted by atomic mass is 10.1. The van der Waals surface area contributed by atoms with Crippen molar-refractivity contribution in [1.82, 2.24) is 5.32 Å². The van der Waals surface area contributed by atoms with Crippen molar-refractivity contribution in [3.05, 3.63) is 33.8 Å². The van der Waals surface area contributed by atoms with Gasteiger partial charge in [0.1, 0.15) is 0 Å². The molecule has 2 nitrogen and oxygen atoms in total. The van der Waals surface area contributed by atoms with Crippen LogP contribution >= 0.6 is 15.9 Å². The third-order valence-corrected chi connectivity index (χ3v) is 3.58. The molecule has 0 saturated carbocycles. The Kier molecular flexibility index (Phi) is 5.01. The maximum absolute atomic E-state index is 12.7. The molecule has 0 aliphatic rings. The molecule has 1 N–H and O–H groups in total. The summed E-state index contributed by atoms with van der Waals surface area (Å²) in [6, 6.07) is 3.34. The van der Waals surface area contributed by atoms with Crippen molar-refractivity contribution in [3.63, 3.8) is 0 Å². The van der Waals surface area contributed by atoms with Crippen LogP contribution in [0.25, 0.3) is 0 Å². The van der Waals surface area contributed by atoms with Gasteiger partial charge in [0.05, 0.1) is 5.56 Å². The van der Waals surface area contributed by atoms with Crippen LogP contribution < -0.4 is 5.32 Å². The van der Waals surface area contributed by atoms with Gasteiger partial charge < -0.3 is 5.32 Å². The molecule has 1 aromatic carbocycles. The first-order valence-corrected chi connectivity index (χ1v) is 6.60. The number of hydrogen-bond donors (Lipinski definition) is 1. The Morgan fingerprint density at radius 2 is 1.84 bits per heavy atom. The maximum Gasteiger partial charge on any atom is 0.417 e. The number of rotatable bonds is 3. The minimum absolute atomic E-state index is 0.00280.